The Bertz CT molecular complexity index is 1230. The summed E-state index contributed by atoms with van der Waals surface area (Å²) < 4.78 is 39.5. The predicted octanol–water partition coefficient (Wildman–Crippen LogP) is 1.95. The lowest BCUT2D eigenvalue weighted by molar-refractivity contribution is 0.122. The van der Waals surface area contributed by atoms with Gasteiger partial charge < -0.3 is 24.7 Å². The van der Waals surface area contributed by atoms with E-state index in [1.165, 1.54) is 0 Å². The highest BCUT2D eigenvalue weighted by atomic mass is 32.2. The predicted molar refractivity (Wildman–Crippen MR) is 122 cm³/mol. The van der Waals surface area contributed by atoms with Crippen molar-refractivity contribution in [3.05, 3.63) is 29.6 Å². The Morgan fingerprint density at radius 1 is 1.16 bits per heavy atom. The molecule has 1 aromatic carbocycles. The van der Waals surface area contributed by atoms with Gasteiger partial charge in [0.15, 0.2) is 17.0 Å². The van der Waals surface area contributed by atoms with Crippen LogP contribution in [0.4, 0.5) is 11.5 Å². The maximum absolute atomic E-state index is 13.3. The number of nitrogens with zero attached hydrogens (tertiary/aromatic N) is 5. The van der Waals surface area contributed by atoms with Gasteiger partial charge in [-0.3, -0.25) is 0 Å². The number of rotatable bonds is 7. The number of ether oxygens (including phenoxy) is 2. The van der Waals surface area contributed by atoms with Crippen molar-refractivity contribution in [3.63, 3.8) is 0 Å². The van der Waals surface area contributed by atoms with Gasteiger partial charge in [-0.15, -0.1) is 0 Å². The number of imidazole rings is 1. The first-order valence-corrected chi connectivity index (χ1v) is 12.3. The van der Waals surface area contributed by atoms with Gasteiger partial charge in [-0.25, -0.2) is 13.4 Å². The van der Waals surface area contributed by atoms with Crippen LogP contribution in [-0.2, 0) is 26.9 Å². The average molecular weight is 461 g/mol. The molecule has 4 rings (SSSR count). The molecule has 0 radical (unpaired) electrons. The first-order chi connectivity index (χ1) is 15.3. The molecule has 3 heterocycles. The second-order valence-electron chi connectivity index (χ2n) is 7.57. The fraction of sp³-hybridized carbons (Fsp3) is 0.476. The molecule has 1 aliphatic rings. The molecule has 1 fully saturated rings. The van der Waals surface area contributed by atoms with E-state index in [2.05, 4.69) is 15.0 Å². The average Bonchev–Trinajstić information content (AvgIpc) is 3.10. The molecule has 0 atom stereocenters. The Balaban J connectivity index is 1.77. The van der Waals surface area contributed by atoms with E-state index in [0.29, 0.717) is 73.4 Å². The Labute approximate surface area is 187 Å². The summed E-state index contributed by atoms with van der Waals surface area (Å²) in [5, 5.41) is -0.214. The van der Waals surface area contributed by atoms with Gasteiger partial charge in [-0.1, -0.05) is 6.07 Å². The number of sulfone groups is 1. The summed E-state index contributed by atoms with van der Waals surface area (Å²) in [5.74, 6) is 1.55. The normalized spacial score (nSPS) is 14.8. The summed E-state index contributed by atoms with van der Waals surface area (Å²) >= 11 is 0. The minimum Gasteiger partial charge on any atom is -0.492 e. The minimum absolute atomic E-state index is 0.214. The molecular formula is C21H28N6O4S. The van der Waals surface area contributed by atoms with Crippen molar-refractivity contribution < 1.29 is 17.9 Å². The molecule has 0 aliphatic carbocycles. The quantitative estimate of drug-likeness (QED) is 0.416. The zero-order valence-corrected chi connectivity index (χ0v) is 19.4. The molecule has 2 N–H and O–H groups in total. The summed E-state index contributed by atoms with van der Waals surface area (Å²) in [6.45, 7) is 9.13. The van der Waals surface area contributed by atoms with Crippen LogP contribution in [0.1, 0.15) is 25.2 Å². The highest BCUT2D eigenvalue weighted by Crippen LogP contribution is 2.29. The summed E-state index contributed by atoms with van der Waals surface area (Å²) in [6, 6.07) is 4.99. The van der Waals surface area contributed by atoms with Gasteiger partial charge >= 0.3 is 0 Å². The third kappa shape index (κ3) is 4.22. The maximum atomic E-state index is 13.3. The molecule has 0 amide bonds. The number of nitrogen functional groups attached to an aromatic ring is 1. The molecule has 11 heteroatoms. The van der Waals surface area contributed by atoms with E-state index in [9.17, 15) is 8.42 Å². The van der Waals surface area contributed by atoms with E-state index in [1.807, 2.05) is 30.2 Å². The van der Waals surface area contributed by atoms with Crippen molar-refractivity contribution in [1.82, 2.24) is 19.5 Å². The SMILES string of the molecule is CCOc1ccc(CS(=O)(=O)c2nc(N3CCOCC3)c3nc(C)n(CC)c3n2)cc1N. The third-order valence-electron chi connectivity index (χ3n) is 5.38. The van der Waals surface area contributed by atoms with Crippen molar-refractivity contribution in [3.8, 4) is 5.75 Å². The van der Waals surface area contributed by atoms with Crippen molar-refractivity contribution in [2.45, 2.75) is 38.2 Å². The number of nitrogens with two attached hydrogens (primary N) is 1. The molecule has 1 aliphatic heterocycles. The number of anilines is 2. The molecule has 0 unspecified atom stereocenters. The Morgan fingerprint density at radius 3 is 2.56 bits per heavy atom. The molecule has 2 aromatic heterocycles. The van der Waals surface area contributed by atoms with Crippen LogP contribution in [0.3, 0.4) is 0 Å². The monoisotopic (exact) mass is 460 g/mol. The number of aromatic nitrogens is 4. The number of aryl methyl sites for hydroxylation is 2. The van der Waals surface area contributed by atoms with Crippen molar-refractivity contribution in [1.29, 1.82) is 0 Å². The Kier molecular flexibility index (Phi) is 6.20. The smallest absolute Gasteiger partial charge is 0.251 e. The van der Waals surface area contributed by atoms with Gasteiger partial charge in [0.1, 0.15) is 11.6 Å². The lowest BCUT2D eigenvalue weighted by Gasteiger charge is -2.28. The molecule has 32 heavy (non-hydrogen) atoms. The highest BCUT2D eigenvalue weighted by Gasteiger charge is 2.27. The molecule has 3 aromatic rings. The van der Waals surface area contributed by atoms with Crippen LogP contribution in [0.15, 0.2) is 23.4 Å². The van der Waals surface area contributed by atoms with Crippen LogP contribution in [0.5, 0.6) is 5.75 Å². The van der Waals surface area contributed by atoms with E-state index in [0.717, 1.165) is 5.82 Å². The second-order valence-corrected chi connectivity index (χ2v) is 9.45. The third-order valence-corrected chi connectivity index (χ3v) is 6.83. The molecule has 10 nitrogen and oxygen atoms in total. The van der Waals surface area contributed by atoms with Crippen molar-refractivity contribution in [2.24, 2.45) is 0 Å². The summed E-state index contributed by atoms with van der Waals surface area (Å²) in [7, 11) is -3.84. The molecule has 0 bridgehead atoms. The van der Waals surface area contributed by atoms with Crippen molar-refractivity contribution >= 4 is 32.5 Å². The van der Waals surface area contributed by atoms with Crippen LogP contribution in [-0.4, -0.2) is 60.8 Å². The molecule has 1 saturated heterocycles. The van der Waals surface area contributed by atoms with Crippen LogP contribution in [0.2, 0.25) is 0 Å². The van der Waals surface area contributed by atoms with E-state index in [-0.39, 0.29) is 10.9 Å². The number of fused-ring (bicyclic) bond motifs is 1. The minimum atomic E-state index is -3.84. The number of morpholine rings is 1. The first kappa shape index (κ1) is 22.3. The van der Waals surface area contributed by atoms with Gasteiger partial charge in [-0.05, 0) is 38.5 Å². The Morgan fingerprint density at radius 2 is 1.91 bits per heavy atom. The Hall–Kier alpha value is -2.92. The molecule has 172 valence electrons. The zero-order chi connectivity index (χ0) is 22.9. The van der Waals surface area contributed by atoms with Gasteiger partial charge in [0.05, 0.1) is 31.3 Å². The second kappa shape index (κ2) is 8.91. The largest absolute Gasteiger partial charge is 0.492 e. The van der Waals surface area contributed by atoms with E-state index in [1.54, 1.807) is 18.2 Å². The fourth-order valence-electron chi connectivity index (χ4n) is 3.85. The van der Waals surface area contributed by atoms with Crippen LogP contribution in [0, 0.1) is 6.92 Å². The lowest BCUT2D eigenvalue weighted by atomic mass is 10.2. The maximum Gasteiger partial charge on any atom is 0.251 e. The van der Waals surface area contributed by atoms with Crippen LogP contribution >= 0.6 is 0 Å². The topological polar surface area (TPSA) is 125 Å². The van der Waals surface area contributed by atoms with E-state index in [4.69, 9.17) is 15.2 Å². The summed E-state index contributed by atoms with van der Waals surface area (Å²) in [5.41, 5.74) is 8.08. The summed E-state index contributed by atoms with van der Waals surface area (Å²) in [4.78, 5) is 15.6. The highest BCUT2D eigenvalue weighted by molar-refractivity contribution is 7.90. The zero-order valence-electron chi connectivity index (χ0n) is 18.5. The fourth-order valence-corrected chi connectivity index (χ4v) is 5.05. The van der Waals surface area contributed by atoms with Crippen LogP contribution in [0.25, 0.3) is 11.2 Å². The number of benzene rings is 1. The van der Waals surface area contributed by atoms with Gasteiger partial charge in [0.2, 0.25) is 9.84 Å². The number of hydrogen-bond donors (Lipinski definition) is 1. The van der Waals surface area contributed by atoms with E-state index < -0.39 is 9.84 Å². The lowest BCUT2D eigenvalue weighted by Crippen LogP contribution is -2.37. The van der Waals surface area contributed by atoms with Gasteiger partial charge in [0, 0.05) is 19.6 Å². The standard InChI is InChI=1S/C21H28N6O4S/c1-4-27-14(3)23-18-19(26-8-10-30-11-9-26)24-21(25-20(18)27)32(28,29)13-15-6-7-17(31-5-2)16(22)12-15/h6-7,12H,4-5,8-11,13,22H2,1-3H3. The van der Waals surface area contributed by atoms with Gasteiger partial charge in [-0.2, -0.15) is 9.97 Å². The molecule has 0 saturated carbocycles. The van der Waals surface area contributed by atoms with Gasteiger partial charge in [0.25, 0.3) is 5.16 Å². The van der Waals surface area contributed by atoms with E-state index >= 15 is 0 Å². The molecular weight excluding hydrogens is 432 g/mol. The number of hydrogen-bond acceptors (Lipinski definition) is 9. The summed E-state index contributed by atoms with van der Waals surface area (Å²) in [6.07, 6.45) is 0. The van der Waals surface area contributed by atoms with Crippen LogP contribution < -0.4 is 15.4 Å². The molecule has 0 spiro atoms. The van der Waals surface area contributed by atoms with Crippen molar-refractivity contribution in [2.75, 3.05) is 43.5 Å². The first-order valence-electron chi connectivity index (χ1n) is 10.7.